The van der Waals surface area contributed by atoms with Gasteiger partial charge in [-0.15, -0.1) is 0 Å². The van der Waals surface area contributed by atoms with Crippen LogP contribution >= 0.6 is 0 Å². The van der Waals surface area contributed by atoms with Crippen molar-refractivity contribution in [2.75, 3.05) is 20.8 Å². The van der Waals surface area contributed by atoms with E-state index in [0.29, 0.717) is 60.0 Å². The SMILES string of the molecule is CCCOC(=O)C1=C(C)NC2=C(C(=O)CC(c3ccc(OC)c(OC)c3)C2)C1c1ccccc1OC(C)C. The Bertz CT molecular complexity index is 1270. The number of ether oxygens (including phenoxy) is 4. The molecule has 0 fully saturated rings. The highest BCUT2D eigenvalue weighted by atomic mass is 16.5. The standard InChI is InChI=1S/C31H37NO6/c1-7-14-37-31(34)28-19(4)32-23-15-21(20-12-13-26(35-5)27(17-20)36-6)16-24(33)30(23)29(28)22-10-8-9-11-25(22)38-18(2)3/h8-13,17-18,21,29,32H,7,14-16H2,1-6H3. The number of carbonyl (C=O) groups excluding carboxylic acids is 2. The van der Waals surface area contributed by atoms with Gasteiger partial charge in [-0.3, -0.25) is 4.79 Å². The lowest BCUT2D eigenvalue weighted by atomic mass is 9.71. The van der Waals surface area contributed by atoms with E-state index in [1.807, 2.05) is 70.2 Å². The van der Waals surface area contributed by atoms with Crippen LogP contribution in [-0.4, -0.2) is 38.7 Å². The number of carbonyl (C=O) groups is 2. The van der Waals surface area contributed by atoms with Gasteiger partial charge in [0.2, 0.25) is 0 Å². The molecule has 2 unspecified atom stereocenters. The van der Waals surface area contributed by atoms with Gasteiger partial charge in [-0.05, 0) is 63.3 Å². The van der Waals surface area contributed by atoms with Gasteiger partial charge in [0, 0.05) is 29.0 Å². The largest absolute Gasteiger partial charge is 0.493 e. The summed E-state index contributed by atoms with van der Waals surface area (Å²) in [6.45, 7) is 8.06. The van der Waals surface area contributed by atoms with Crippen LogP contribution < -0.4 is 19.5 Å². The Balaban J connectivity index is 1.80. The summed E-state index contributed by atoms with van der Waals surface area (Å²) >= 11 is 0. The smallest absolute Gasteiger partial charge is 0.336 e. The first-order valence-electron chi connectivity index (χ1n) is 13.2. The van der Waals surface area contributed by atoms with Gasteiger partial charge in [-0.1, -0.05) is 31.2 Å². The molecule has 0 aromatic heterocycles. The maximum absolute atomic E-state index is 13.9. The van der Waals surface area contributed by atoms with E-state index in [-0.39, 0.29) is 17.8 Å². The van der Waals surface area contributed by atoms with E-state index in [0.717, 1.165) is 16.8 Å². The Morgan fingerprint density at radius 3 is 2.45 bits per heavy atom. The molecule has 4 rings (SSSR count). The second-order valence-electron chi connectivity index (χ2n) is 9.97. The summed E-state index contributed by atoms with van der Waals surface area (Å²) in [6, 6.07) is 13.4. The summed E-state index contributed by atoms with van der Waals surface area (Å²) in [5.74, 6) is 0.888. The lowest BCUT2D eigenvalue weighted by Gasteiger charge is -2.37. The van der Waals surface area contributed by atoms with Crippen LogP contribution in [0.2, 0.25) is 0 Å². The van der Waals surface area contributed by atoms with Gasteiger partial charge in [-0.2, -0.15) is 0 Å². The lowest BCUT2D eigenvalue weighted by Crippen LogP contribution is -2.36. The van der Waals surface area contributed by atoms with Crippen LogP contribution in [0.4, 0.5) is 0 Å². The number of benzene rings is 2. The third-order valence-corrected chi connectivity index (χ3v) is 6.96. The van der Waals surface area contributed by atoms with Crippen LogP contribution in [0.5, 0.6) is 17.2 Å². The Kier molecular flexibility index (Phi) is 8.45. The molecule has 1 aliphatic heterocycles. The van der Waals surface area contributed by atoms with E-state index < -0.39 is 11.9 Å². The molecule has 0 saturated heterocycles. The molecule has 2 atom stereocenters. The highest BCUT2D eigenvalue weighted by Crippen LogP contribution is 2.48. The van der Waals surface area contributed by atoms with Crippen molar-refractivity contribution in [2.24, 2.45) is 0 Å². The first kappa shape index (κ1) is 27.3. The maximum Gasteiger partial charge on any atom is 0.336 e. The quantitative estimate of drug-likeness (QED) is 0.419. The fourth-order valence-electron chi connectivity index (χ4n) is 5.32. The summed E-state index contributed by atoms with van der Waals surface area (Å²) in [7, 11) is 3.20. The van der Waals surface area contributed by atoms with E-state index in [2.05, 4.69) is 5.32 Å². The van der Waals surface area contributed by atoms with E-state index >= 15 is 0 Å². The molecule has 202 valence electrons. The van der Waals surface area contributed by atoms with E-state index in [9.17, 15) is 9.59 Å². The predicted molar refractivity (Wildman–Crippen MR) is 146 cm³/mol. The third kappa shape index (κ3) is 5.42. The van der Waals surface area contributed by atoms with Crippen molar-refractivity contribution < 1.29 is 28.5 Å². The first-order valence-corrected chi connectivity index (χ1v) is 13.2. The molecule has 2 aliphatic rings. The van der Waals surface area contributed by atoms with Gasteiger partial charge in [0.15, 0.2) is 17.3 Å². The van der Waals surface area contributed by atoms with Gasteiger partial charge in [0.1, 0.15) is 5.75 Å². The Labute approximate surface area is 224 Å². The number of para-hydroxylation sites is 1. The van der Waals surface area contributed by atoms with Gasteiger partial charge < -0.3 is 24.3 Å². The van der Waals surface area contributed by atoms with Crippen LogP contribution in [-0.2, 0) is 14.3 Å². The molecule has 0 radical (unpaired) electrons. The molecule has 0 spiro atoms. The topological polar surface area (TPSA) is 83.1 Å². The minimum Gasteiger partial charge on any atom is -0.493 e. The van der Waals surface area contributed by atoms with Gasteiger partial charge >= 0.3 is 5.97 Å². The zero-order valence-corrected chi connectivity index (χ0v) is 23.1. The number of hydrogen-bond donors (Lipinski definition) is 1. The second-order valence-corrected chi connectivity index (χ2v) is 9.97. The summed E-state index contributed by atoms with van der Waals surface area (Å²) in [5, 5.41) is 3.41. The number of rotatable bonds is 9. The van der Waals surface area contributed by atoms with Crippen LogP contribution in [0, 0.1) is 0 Å². The fraction of sp³-hybridized carbons (Fsp3) is 0.419. The number of nitrogens with one attached hydrogen (secondary N) is 1. The first-order chi connectivity index (χ1) is 18.3. The highest BCUT2D eigenvalue weighted by molar-refractivity contribution is 6.04. The maximum atomic E-state index is 13.9. The molecule has 1 aliphatic carbocycles. The minimum absolute atomic E-state index is 0.00354. The fourth-order valence-corrected chi connectivity index (χ4v) is 5.32. The van der Waals surface area contributed by atoms with Crippen molar-refractivity contribution in [3.05, 3.63) is 76.1 Å². The van der Waals surface area contributed by atoms with E-state index in [4.69, 9.17) is 18.9 Å². The molecule has 0 bridgehead atoms. The molecular formula is C31H37NO6. The monoisotopic (exact) mass is 519 g/mol. The molecule has 2 aromatic rings. The number of hydrogen-bond acceptors (Lipinski definition) is 7. The number of Topliss-reactive ketones (excluding diaryl/α,β-unsaturated/α-hetero) is 1. The number of dihydropyridines is 1. The number of esters is 1. The molecule has 0 amide bonds. The Hall–Kier alpha value is -3.74. The zero-order chi connectivity index (χ0) is 27.4. The zero-order valence-electron chi connectivity index (χ0n) is 23.1. The van der Waals surface area contributed by atoms with Gasteiger partial charge in [0.05, 0.1) is 38.4 Å². The van der Waals surface area contributed by atoms with E-state index in [1.165, 1.54) is 0 Å². The number of methoxy groups -OCH3 is 2. The van der Waals surface area contributed by atoms with Crippen LogP contribution in [0.1, 0.15) is 69.9 Å². The number of ketones is 1. The molecule has 2 aromatic carbocycles. The van der Waals surface area contributed by atoms with Crippen LogP contribution in [0.3, 0.4) is 0 Å². The molecule has 1 heterocycles. The molecule has 7 nitrogen and oxygen atoms in total. The van der Waals surface area contributed by atoms with Crippen molar-refractivity contribution in [1.82, 2.24) is 5.32 Å². The predicted octanol–water partition coefficient (Wildman–Crippen LogP) is 5.81. The summed E-state index contributed by atoms with van der Waals surface area (Å²) < 4.78 is 22.6. The van der Waals surface area contributed by atoms with E-state index in [1.54, 1.807) is 14.2 Å². The third-order valence-electron chi connectivity index (χ3n) is 6.96. The Morgan fingerprint density at radius 2 is 1.76 bits per heavy atom. The van der Waals surface area contributed by atoms with Crippen LogP contribution in [0.25, 0.3) is 0 Å². The molecule has 0 saturated carbocycles. The normalized spacial score (nSPS) is 19.2. The van der Waals surface area contributed by atoms with Crippen molar-refractivity contribution in [3.63, 3.8) is 0 Å². The molecule has 7 heteroatoms. The van der Waals surface area contributed by atoms with Crippen molar-refractivity contribution >= 4 is 11.8 Å². The van der Waals surface area contributed by atoms with Crippen LogP contribution in [0.15, 0.2) is 65.0 Å². The second kappa shape index (κ2) is 11.8. The minimum atomic E-state index is -0.579. The lowest BCUT2D eigenvalue weighted by molar-refractivity contribution is -0.139. The van der Waals surface area contributed by atoms with Crippen molar-refractivity contribution in [1.29, 1.82) is 0 Å². The average Bonchev–Trinajstić information content (AvgIpc) is 2.90. The van der Waals surface area contributed by atoms with Crippen molar-refractivity contribution in [3.8, 4) is 17.2 Å². The average molecular weight is 520 g/mol. The molecular weight excluding hydrogens is 482 g/mol. The Morgan fingerprint density at radius 1 is 1.03 bits per heavy atom. The molecule has 1 N–H and O–H groups in total. The summed E-state index contributed by atoms with van der Waals surface area (Å²) in [5.41, 5.74) is 4.37. The van der Waals surface area contributed by atoms with Gasteiger partial charge in [-0.25, -0.2) is 4.79 Å². The summed E-state index contributed by atoms with van der Waals surface area (Å²) in [6.07, 6.45) is 1.58. The highest BCUT2D eigenvalue weighted by Gasteiger charge is 2.42. The number of allylic oxidation sites excluding steroid dienone is 3. The van der Waals surface area contributed by atoms with Crippen molar-refractivity contribution in [2.45, 2.75) is 64.9 Å². The van der Waals surface area contributed by atoms with Gasteiger partial charge in [0.25, 0.3) is 0 Å². The summed E-state index contributed by atoms with van der Waals surface area (Å²) in [4.78, 5) is 27.3. The molecule has 38 heavy (non-hydrogen) atoms.